The van der Waals surface area contributed by atoms with E-state index >= 15 is 0 Å². The molecule has 0 fully saturated rings. The number of amides is 1. The summed E-state index contributed by atoms with van der Waals surface area (Å²) in [7, 11) is 3.45. The highest BCUT2D eigenvalue weighted by molar-refractivity contribution is 5.94. The van der Waals surface area contributed by atoms with Crippen molar-refractivity contribution in [2.45, 2.75) is 46.2 Å². The number of fused-ring (bicyclic) bond motifs is 2. The molecule has 53 heavy (non-hydrogen) atoms. The van der Waals surface area contributed by atoms with Crippen LogP contribution in [0.3, 0.4) is 0 Å². The number of halogens is 1. The molecule has 0 spiro atoms. The van der Waals surface area contributed by atoms with Crippen LogP contribution >= 0.6 is 12.4 Å². The van der Waals surface area contributed by atoms with Gasteiger partial charge in [0.05, 0.1) is 35.6 Å². The lowest BCUT2D eigenvalue weighted by molar-refractivity contribution is 0.0696. The number of benzene rings is 2. The van der Waals surface area contributed by atoms with E-state index in [0.29, 0.717) is 18.8 Å². The predicted molar refractivity (Wildman–Crippen MR) is 198 cm³/mol. The minimum absolute atomic E-state index is 0. The Morgan fingerprint density at radius 1 is 0.811 bits per heavy atom. The number of ether oxygens (including phenoxy) is 2. The molecular weight excluding hydrogens is 704 g/mol. The lowest BCUT2D eigenvalue weighted by Crippen LogP contribution is -2.29. The van der Waals surface area contributed by atoms with Gasteiger partial charge in [-0.2, -0.15) is 10.2 Å². The van der Waals surface area contributed by atoms with E-state index in [2.05, 4.69) is 25.8 Å². The van der Waals surface area contributed by atoms with E-state index in [0.717, 1.165) is 69.5 Å². The van der Waals surface area contributed by atoms with E-state index in [1.54, 1.807) is 31.2 Å². The molecular formula is C37H43ClN8O7. The zero-order chi connectivity index (χ0) is 36.1. The number of carbonyl (C=O) groups is 2. The van der Waals surface area contributed by atoms with Crippen LogP contribution in [0.4, 0.5) is 0 Å². The second-order valence-electron chi connectivity index (χ2n) is 11.9. The largest absolute Gasteiger partial charge is 0.491 e. The minimum atomic E-state index is -0.942. The summed E-state index contributed by atoms with van der Waals surface area (Å²) in [6.45, 7) is 5.02. The van der Waals surface area contributed by atoms with Crippen LogP contribution in [0.5, 0.6) is 11.5 Å². The van der Waals surface area contributed by atoms with E-state index < -0.39 is 5.97 Å². The highest BCUT2D eigenvalue weighted by Gasteiger charge is 2.27. The Bertz CT molecular complexity index is 2150. The molecule has 0 saturated heterocycles. The molecule has 4 aromatic heterocycles. The molecule has 0 unspecified atom stereocenters. The topological polar surface area (TPSA) is 199 Å². The molecule has 2 aliphatic rings. The molecule has 0 radical (unpaired) electrons. The van der Waals surface area contributed by atoms with Crippen LogP contribution in [-0.2, 0) is 26.9 Å². The zero-order valence-corrected chi connectivity index (χ0v) is 29.8. The first kappa shape index (κ1) is 39.8. The van der Waals surface area contributed by atoms with Crippen molar-refractivity contribution in [1.29, 1.82) is 0 Å². The van der Waals surface area contributed by atoms with Crippen molar-refractivity contribution in [3.63, 3.8) is 0 Å². The number of aryl methyl sites for hydroxylation is 4. The normalized spacial score (nSPS) is 14.7. The van der Waals surface area contributed by atoms with Gasteiger partial charge in [0.15, 0.2) is 0 Å². The highest BCUT2D eigenvalue weighted by atomic mass is 35.5. The maximum Gasteiger partial charge on any atom is 0.338 e. The van der Waals surface area contributed by atoms with Crippen LogP contribution in [-0.4, -0.2) is 60.1 Å². The van der Waals surface area contributed by atoms with Gasteiger partial charge in [0.25, 0.3) is 5.91 Å². The van der Waals surface area contributed by atoms with Gasteiger partial charge >= 0.3 is 5.97 Å². The Morgan fingerprint density at radius 2 is 1.32 bits per heavy atom. The Kier molecular flexibility index (Phi) is 13.2. The first-order valence-electron chi connectivity index (χ1n) is 16.3. The van der Waals surface area contributed by atoms with Gasteiger partial charge in [0.1, 0.15) is 47.6 Å². The number of carboxylic acid groups (broad SMARTS) is 1. The number of carbonyl (C=O) groups excluding carboxylic acids is 1. The molecule has 4 N–H and O–H groups in total. The van der Waals surface area contributed by atoms with Crippen molar-refractivity contribution in [2.75, 3.05) is 13.2 Å². The number of hydrogen-bond donors (Lipinski definition) is 3. The lowest BCUT2D eigenvalue weighted by atomic mass is 10.0. The molecule has 6 aromatic rings. The number of aromatic carboxylic acids is 1. The Labute approximate surface area is 312 Å². The fraction of sp³-hybridized carbons (Fsp3) is 0.297. The number of carboxylic acids is 1. The van der Waals surface area contributed by atoms with Crippen molar-refractivity contribution in [3.05, 3.63) is 107 Å². The molecule has 15 nitrogen and oxygen atoms in total. The number of nitrogens with two attached hydrogens (primary N) is 1. The number of rotatable bonds is 7. The molecule has 2 aromatic carbocycles. The minimum Gasteiger partial charge on any atom is -0.491 e. The van der Waals surface area contributed by atoms with Crippen LogP contribution in [0.1, 0.15) is 76.7 Å². The van der Waals surface area contributed by atoms with Gasteiger partial charge in [-0.25, -0.2) is 4.79 Å². The third-order valence-electron chi connectivity index (χ3n) is 8.26. The van der Waals surface area contributed by atoms with Gasteiger partial charge in [-0.3, -0.25) is 14.2 Å². The average Bonchev–Trinajstić information content (AvgIpc) is 3.99. The molecule has 0 bridgehead atoms. The van der Waals surface area contributed by atoms with E-state index in [9.17, 15) is 9.59 Å². The van der Waals surface area contributed by atoms with Crippen molar-refractivity contribution < 1.29 is 33.2 Å². The van der Waals surface area contributed by atoms with Crippen LogP contribution in [0, 0.1) is 0 Å². The number of hydrogen-bond acceptors (Lipinski definition) is 11. The summed E-state index contributed by atoms with van der Waals surface area (Å²) in [5.74, 6) is 2.24. The predicted octanol–water partition coefficient (Wildman–Crippen LogP) is 5.97. The van der Waals surface area contributed by atoms with Gasteiger partial charge in [-0.1, -0.05) is 55.9 Å². The third-order valence-corrected chi connectivity index (χ3v) is 8.26. The summed E-state index contributed by atoms with van der Waals surface area (Å²) in [6.07, 6.45) is 7.64. The number of nitrogens with one attached hydrogen (secondary N) is 1. The molecule has 0 aliphatic carbocycles. The molecule has 8 rings (SSSR count). The van der Waals surface area contributed by atoms with Crippen LogP contribution in [0.2, 0.25) is 0 Å². The Morgan fingerprint density at radius 3 is 1.79 bits per heavy atom. The fourth-order valence-corrected chi connectivity index (χ4v) is 5.43. The second-order valence-corrected chi connectivity index (χ2v) is 11.9. The summed E-state index contributed by atoms with van der Waals surface area (Å²) in [6, 6.07) is 15.5. The average molecular weight is 747 g/mol. The molecule has 0 saturated carbocycles. The number of nitrogens with zero attached hydrogens (tertiary/aromatic N) is 6. The van der Waals surface area contributed by atoms with Crippen molar-refractivity contribution in [2.24, 2.45) is 19.8 Å². The lowest BCUT2D eigenvalue weighted by Gasteiger charge is -2.10. The quantitative estimate of drug-likeness (QED) is 0.173. The third kappa shape index (κ3) is 9.30. The van der Waals surface area contributed by atoms with Gasteiger partial charge < -0.3 is 34.7 Å². The Hall–Kier alpha value is -5.93. The Balaban J connectivity index is 0.000000194. The monoisotopic (exact) mass is 746 g/mol. The second kappa shape index (κ2) is 17.5. The first-order valence-corrected chi connectivity index (χ1v) is 16.3. The van der Waals surface area contributed by atoms with E-state index in [-0.39, 0.29) is 43.4 Å². The summed E-state index contributed by atoms with van der Waals surface area (Å²) in [4.78, 5) is 22.5. The van der Waals surface area contributed by atoms with E-state index in [1.165, 1.54) is 17.1 Å². The standard InChI is InChI=1S/C18H18N4O3.C13H14N2O2.C5H6N2O2.CH4.ClH/c1-3-13-7-15(21-25-13)11-4-5-14-16(10-24-17(14)6-11)20-18(23)12-8-19-22(2)9-12;1-2-9-6-12(15-17-9)8-3-4-10-11(14)7-16-13(10)5-8;1-7-3-4(2-6-7)5(8)9;;/h4-9,16H,3,10H2,1-2H3,(H,20,23);3-6,11H,2,7,14H2,1H3;2-3H,1H3,(H,8,9);1H4;1H/t16-;11-;;;/m11.../s1. The molecule has 16 heteroatoms. The summed E-state index contributed by atoms with van der Waals surface area (Å²) < 4.78 is 24.8. The van der Waals surface area contributed by atoms with Crippen LogP contribution in [0.25, 0.3) is 22.5 Å². The maximum absolute atomic E-state index is 12.3. The van der Waals surface area contributed by atoms with Gasteiger partial charge in [0.2, 0.25) is 0 Å². The van der Waals surface area contributed by atoms with Gasteiger partial charge in [-0.05, 0) is 12.1 Å². The number of aromatic nitrogens is 6. The van der Waals surface area contributed by atoms with Crippen molar-refractivity contribution in [1.82, 2.24) is 35.2 Å². The summed E-state index contributed by atoms with van der Waals surface area (Å²) >= 11 is 0. The fourth-order valence-electron chi connectivity index (χ4n) is 5.43. The zero-order valence-electron chi connectivity index (χ0n) is 29.0. The van der Waals surface area contributed by atoms with Crippen LogP contribution < -0.4 is 20.5 Å². The smallest absolute Gasteiger partial charge is 0.338 e. The first-order chi connectivity index (χ1) is 24.6. The molecule has 280 valence electrons. The van der Waals surface area contributed by atoms with E-state index in [4.69, 9.17) is 29.4 Å². The van der Waals surface area contributed by atoms with E-state index in [1.807, 2.05) is 62.4 Å². The summed E-state index contributed by atoms with van der Waals surface area (Å²) in [5, 5.41) is 27.1. The summed E-state index contributed by atoms with van der Waals surface area (Å²) in [5.41, 5.74) is 12.2. The molecule has 1 amide bonds. The van der Waals surface area contributed by atoms with Crippen molar-refractivity contribution in [3.8, 4) is 34.0 Å². The van der Waals surface area contributed by atoms with Crippen LogP contribution in [0.15, 0.2) is 82.4 Å². The molecule has 2 aliphatic heterocycles. The molecule has 6 heterocycles. The highest BCUT2D eigenvalue weighted by Crippen LogP contribution is 2.36. The SMILES string of the molecule is C.CCc1cc(-c2ccc3c(c2)OC[C@H]3N)no1.CCc1cc(-c2ccc3c(c2)OC[C@H]3NC(=O)c2cnn(C)c2)no1.Cl.Cn1cc(C(=O)O)cn1. The van der Waals surface area contributed by atoms with Gasteiger partial charge in [0, 0.05) is 73.7 Å². The maximum atomic E-state index is 12.3. The molecule has 2 atom stereocenters. The van der Waals surface area contributed by atoms with Crippen molar-refractivity contribution >= 4 is 24.3 Å². The van der Waals surface area contributed by atoms with Gasteiger partial charge in [-0.15, -0.1) is 12.4 Å².